The second-order valence-corrected chi connectivity index (χ2v) is 6.28. The number of nitrogens with zero attached hydrogens (tertiary/aromatic N) is 1. The smallest absolute Gasteiger partial charge is 0.414 e. The Balaban J connectivity index is 1.59. The maximum atomic E-state index is 12.2. The molecule has 8 nitrogen and oxygen atoms in total. The number of nitrogen functional groups attached to an aromatic ring is 1. The summed E-state index contributed by atoms with van der Waals surface area (Å²) in [5.74, 6) is 0.334. The van der Waals surface area contributed by atoms with Crippen LogP contribution in [0.4, 0.5) is 10.5 Å². The lowest BCUT2D eigenvalue weighted by Gasteiger charge is -2.14. The number of cyclic esters (lactones) is 1. The van der Waals surface area contributed by atoms with Gasteiger partial charge in [-0.3, -0.25) is 15.1 Å². The van der Waals surface area contributed by atoms with Gasteiger partial charge in [0.2, 0.25) is 0 Å². The van der Waals surface area contributed by atoms with Crippen LogP contribution in [-0.2, 0) is 4.74 Å². The predicted molar refractivity (Wildman–Crippen MR) is 105 cm³/mol. The van der Waals surface area contributed by atoms with Crippen molar-refractivity contribution in [2.24, 2.45) is 5.73 Å². The van der Waals surface area contributed by atoms with Crippen LogP contribution < -0.4 is 20.7 Å². The highest BCUT2D eigenvalue weighted by Gasteiger charge is 2.32. The van der Waals surface area contributed by atoms with E-state index in [4.69, 9.17) is 20.6 Å². The number of amides is 2. The summed E-state index contributed by atoms with van der Waals surface area (Å²) >= 11 is 0. The van der Waals surface area contributed by atoms with E-state index in [2.05, 4.69) is 5.32 Å². The molecule has 28 heavy (non-hydrogen) atoms. The molecule has 0 aliphatic carbocycles. The molecule has 1 heterocycles. The first-order valence-electron chi connectivity index (χ1n) is 8.91. The van der Waals surface area contributed by atoms with E-state index in [1.807, 2.05) is 6.92 Å². The number of amidine groups is 1. The summed E-state index contributed by atoms with van der Waals surface area (Å²) in [6.07, 6.45) is -0.895. The fourth-order valence-electron chi connectivity index (χ4n) is 2.82. The van der Waals surface area contributed by atoms with Gasteiger partial charge in [-0.15, -0.1) is 0 Å². The van der Waals surface area contributed by atoms with Gasteiger partial charge in [-0.1, -0.05) is 6.07 Å². The molecule has 0 bridgehead atoms. The molecular weight excluding hydrogens is 360 g/mol. The van der Waals surface area contributed by atoms with Gasteiger partial charge >= 0.3 is 6.09 Å². The molecule has 4 N–H and O–H groups in total. The molecule has 1 atom stereocenters. The number of carbonyl (C=O) groups excluding carboxylic acids is 2. The molecule has 0 spiro atoms. The Morgan fingerprint density at radius 1 is 1.29 bits per heavy atom. The van der Waals surface area contributed by atoms with Crippen molar-refractivity contribution in [1.29, 1.82) is 5.41 Å². The van der Waals surface area contributed by atoms with Gasteiger partial charge in [0.1, 0.15) is 18.2 Å². The normalized spacial score (nSPS) is 15.8. The van der Waals surface area contributed by atoms with Crippen molar-refractivity contribution in [2.75, 3.05) is 24.6 Å². The monoisotopic (exact) mass is 382 g/mol. The van der Waals surface area contributed by atoms with E-state index >= 15 is 0 Å². The molecule has 1 saturated heterocycles. The van der Waals surface area contributed by atoms with E-state index < -0.39 is 12.2 Å². The zero-order valence-corrected chi connectivity index (χ0v) is 15.5. The third-order valence-corrected chi connectivity index (χ3v) is 4.23. The number of hydrogen-bond acceptors (Lipinski definition) is 5. The zero-order chi connectivity index (χ0) is 20.1. The molecule has 3 rings (SSSR count). The van der Waals surface area contributed by atoms with Crippen LogP contribution in [0.2, 0.25) is 0 Å². The number of ether oxygens (including phenoxy) is 2. The number of rotatable bonds is 7. The van der Waals surface area contributed by atoms with Crippen LogP contribution in [-0.4, -0.2) is 43.6 Å². The van der Waals surface area contributed by atoms with E-state index in [9.17, 15) is 9.59 Å². The number of hydrogen-bond donors (Lipinski definition) is 3. The summed E-state index contributed by atoms with van der Waals surface area (Å²) in [6, 6.07) is 13.7. The third kappa shape index (κ3) is 4.40. The Morgan fingerprint density at radius 3 is 2.71 bits per heavy atom. The van der Waals surface area contributed by atoms with Crippen LogP contribution in [0.1, 0.15) is 22.8 Å². The van der Waals surface area contributed by atoms with Gasteiger partial charge in [0.25, 0.3) is 5.91 Å². The lowest BCUT2D eigenvalue weighted by atomic mass is 10.2. The predicted octanol–water partition coefficient (Wildman–Crippen LogP) is 2.12. The highest BCUT2D eigenvalue weighted by Crippen LogP contribution is 2.23. The van der Waals surface area contributed by atoms with Crippen molar-refractivity contribution in [2.45, 2.75) is 13.0 Å². The summed E-state index contributed by atoms with van der Waals surface area (Å²) in [7, 11) is 0. The molecule has 0 aromatic heterocycles. The van der Waals surface area contributed by atoms with Crippen molar-refractivity contribution in [1.82, 2.24) is 5.32 Å². The van der Waals surface area contributed by atoms with E-state index in [1.165, 1.54) is 4.90 Å². The summed E-state index contributed by atoms with van der Waals surface area (Å²) < 4.78 is 11.1. The zero-order valence-electron chi connectivity index (χ0n) is 15.5. The highest BCUT2D eigenvalue weighted by atomic mass is 16.6. The average molecular weight is 382 g/mol. The Morgan fingerprint density at radius 2 is 2.04 bits per heavy atom. The maximum absolute atomic E-state index is 12.2. The number of nitrogens with one attached hydrogen (secondary N) is 2. The number of anilines is 1. The molecule has 2 amide bonds. The molecular formula is C20H22N4O4. The maximum Gasteiger partial charge on any atom is 0.414 e. The quantitative estimate of drug-likeness (QED) is 0.501. The van der Waals surface area contributed by atoms with Crippen LogP contribution >= 0.6 is 0 Å². The van der Waals surface area contributed by atoms with Crippen LogP contribution in [0, 0.1) is 5.41 Å². The number of benzene rings is 2. The molecule has 146 valence electrons. The second kappa shape index (κ2) is 8.43. The molecule has 8 heteroatoms. The standard InChI is InChI=1S/C20H22N4O4/c1-2-23-19(25)14-4-3-5-16(10-14)27-12-17-11-24(20(26)28-17)15-8-6-13(7-9-15)18(21)22/h3-10,17H,2,11-12H2,1H3,(H3,21,22)(H,23,25). The second-order valence-electron chi connectivity index (χ2n) is 6.28. The van der Waals surface area contributed by atoms with E-state index in [-0.39, 0.29) is 18.3 Å². The summed E-state index contributed by atoms with van der Waals surface area (Å²) in [6.45, 7) is 2.91. The molecule has 2 aromatic rings. The number of nitrogens with two attached hydrogens (primary N) is 1. The molecule has 0 saturated carbocycles. The van der Waals surface area contributed by atoms with Crippen molar-refractivity contribution < 1.29 is 19.1 Å². The molecule has 1 fully saturated rings. The lowest BCUT2D eigenvalue weighted by Crippen LogP contribution is -2.26. The fraction of sp³-hybridized carbons (Fsp3) is 0.250. The van der Waals surface area contributed by atoms with Crippen molar-refractivity contribution >= 4 is 23.5 Å². The SMILES string of the molecule is CCNC(=O)c1cccc(OCC2CN(c3ccc(C(=N)N)cc3)C(=O)O2)c1. The molecule has 1 aliphatic rings. The van der Waals surface area contributed by atoms with Crippen LogP contribution in [0.25, 0.3) is 0 Å². The topological polar surface area (TPSA) is 118 Å². The molecule has 1 unspecified atom stereocenters. The summed E-state index contributed by atoms with van der Waals surface area (Å²) in [5, 5.41) is 10.2. The van der Waals surface area contributed by atoms with Gasteiger partial charge in [-0.25, -0.2) is 4.79 Å². The number of carbonyl (C=O) groups is 2. The summed E-state index contributed by atoms with van der Waals surface area (Å²) in [4.78, 5) is 25.6. The fourth-order valence-corrected chi connectivity index (χ4v) is 2.82. The minimum absolute atomic E-state index is 0.0309. The molecule has 0 radical (unpaired) electrons. The largest absolute Gasteiger partial charge is 0.490 e. The average Bonchev–Trinajstić information content (AvgIpc) is 3.07. The molecule has 2 aromatic carbocycles. The first-order valence-corrected chi connectivity index (χ1v) is 8.91. The van der Waals surface area contributed by atoms with Crippen molar-refractivity contribution in [3.63, 3.8) is 0 Å². The minimum atomic E-state index is -0.458. The van der Waals surface area contributed by atoms with Crippen LogP contribution in [0.15, 0.2) is 48.5 Å². The molecule has 1 aliphatic heterocycles. The first-order chi connectivity index (χ1) is 13.5. The van der Waals surface area contributed by atoms with E-state index in [0.29, 0.717) is 35.7 Å². The van der Waals surface area contributed by atoms with Gasteiger partial charge in [-0.2, -0.15) is 0 Å². The Bertz CT molecular complexity index is 882. The minimum Gasteiger partial charge on any atom is -0.490 e. The van der Waals surface area contributed by atoms with Crippen molar-refractivity contribution in [3.8, 4) is 5.75 Å². The highest BCUT2D eigenvalue weighted by molar-refractivity contribution is 5.96. The van der Waals surface area contributed by atoms with Gasteiger partial charge in [0.05, 0.1) is 6.54 Å². The Hall–Kier alpha value is -3.55. The Kier molecular flexibility index (Phi) is 5.78. The van der Waals surface area contributed by atoms with Gasteiger partial charge in [0.15, 0.2) is 6.10 Å². The van der Waals surface area contributed by atoms with Crippen molar-refractivity contribution in [3.05, 3.63) is 59.7 Å². The first kappa shape index (κ1) is 19.2. The Labute approximate surface area is 162 Å². The van der Waals surface area contributed by atoms with Crippen LogP contribution in [0.3, 0.4) is 0 Å². The van der Waals surface area contributed by atoms with E-state index in [0.717, 1.165) is 0 Å². The van der Waals surface area contributed by atoms with E-state index in [1.54, 1.807) is 48.5 Å². The van der Waals surface area contributed by atoms with Gasteiger partial charge in [-0.05, 0) is 49.4 Å². The summed E-state index contributed by atoms with van der Waals surface area (Å²) in [5.41, 5.74) is 7.20. The lowest BCUT2D eigenvalue weighted by molar-refractivity contribution is 0.0954. The van der Waals surface area contributed by atoms with Gasteiger partial charge in [0, 0.05) is 23.4 Å². The van der Waals surface area contributed by atoms with Gasteiger partial charge < -0.3 is 20.5 Å². The van der Waals surface area contributed by atoms with Crippen LogP contribution in [0.5, 0.6) is 5.75 Å². The third-order valence-electron chi connectivity index (χ3n) is 4.23.